The number of para-hydroxylation sites is 2. The number of aromatic carboxylic acids is 1. The van der Waals surface area contributed by atoms with Gasteiger partial charge in [-0.05, 0) is 30.3 Å². The maximum absolute atomic E-state index is 10.4. The number of aromatic hydroxyl groups is 2. The maximum Gasteiger partial charge on any atom is 0.335 e. The van der Waals surface area contributed by atoms with E-state index in [1.54, 1.807) is 24.3 Å². The molecule has 0 unspecified atom stereocenters. The topological polar surface area (TPSA) is 96.2 Å². The van der Waals surface area contributed by atoms with Crippen LogP contribution in [0.1, 0.15) is 10.4 Å². The minimum Gasteiger partial charge on any atom is -0.504 e. The molecule has 0 aliphatic heterocycles. The highest BCUT2D eigenvalue weighted by atomic mass is 16.5. The van der Waals surface area contributed by atoms with Gasteiger partial charge in [0, 0.05) is 0 Å². The van der Waals surface area contributed by atoms with Gasteiger partial charge in [-0.3, -0.25) is 0 Å². The quantitative estimate of drug-likeness (QED) is 0.804. The van der Waals surface area contributed by atoms with Gasteiger partial charge in [-0.15, -0.1) is 0 Å². The largest absolute Gasteiger partial charge is 0.504 e. The summed E-state index contributed by atoms with van der Waals surface area (Å²) in [6, 6.07) is 10.7. The van der Waals surface area contributed by atoms with Crippen molar-refractivity contribution in [1.82, 2.24) is 0 Å². The van der Waals surface area contributed by atoms with Crippen LogP contribution < -0.4 is 9.47 Å². The van der Waals surface area contributed by atoms with Gasteiger partial charge in [0.25, 0.3) is 0 Å². The molecule has 21 heavy (non-hydrogen) atoms. The first-order valence-electron chi connectivity index (χ1n) is 5.92. The van der Waals surface area contributed by atoms with E-state index in [9.17, 15) is 4.79 Å². The molecule has 0 saturated heterocycles. The normalized spacial score (nSPS) is 9.24. The Kier molecular flexibility index (Phi) is 5.88. The zero-order chi connectivity index (χ0) is 15.8. The molecule has 3 N–H and O–H groups in total. The zero-order valence-corrected chi connectivity index (χ0v) is 11.6. The van der Waals surface area contributed by atoms with Crippen molar-refractivity contribution < 1.29 is 29.6 Å². The van der Waals surface area contributed by atoms with Crippen LogP contribution >= 0.6 is 0 Å². The molecular weight excluding hydrogens is 276 g/mol. The second-order valence-electron chi connectivity index (χ2n) is 3.86. The summed E-state index contributed by atoms with van der Waals surface area (Å²) in [6.45, 7) is 0. The number of carboxylic acids is 1. The number of carboxylic acid groups (broad SMARTS) is 1. The van der Waals surface area contributed by atoms with Crippen molar-refractivity contribution in [3.05, 3.63) is 48.0 Å². The van der Waals surface area contributed by atoms with E-state index in [0.29, 0.717) is 5.75 Å². The molecule has 2 rings (SSSR count). The molecule has 6 nitrogen and oxygen atoms in total. The molecular formula is C15H16O6. The third kappa shape index (κ3) is 4.61. The van der Waals surface area contributed by atoms with Crippen molar-refractivity contribution in [3.8, 4) is 23.0 Å². The Hall–Kier alpha value is -2.89. The smallest absolute Gasteiger partial charge is 0.335 e. The van der Waals surface area contributed by atoms with Crippen molar-refractivity contribution in [3.63, 3.8) is 0 Å². The molecule has 0 radical (unpaired) electrons. The number of hydrogen-bond acceptors (Lipinski definition) is 5. The maximum atomic E-state index is 10.4. The second kappa shape index (κ2) is 7.64. The Morgan fingerprint density at radius 2 is 1.48 bits per heavy atom. The molecule has 0 bridgehead atoms. The van der Waals surface area contributed by atoms with E-state index in [4.69, 9.17) is 24.8 Å². The highest BCUT2D eigenvalue weighted by Crippen LogP contribution is 2.26. The molecule has 0 fully saturated rings. The zero-order valence-electron chi connectivity index (χ0n) is 11.6. The van der Waals surface area contributed by atoms with Crippen LogP contribution in [0.25, 0.3) is 0 Å². The number of rotatable bonds is 3. The fourth-order valence-electron chi connectivity index (χ4n) is 1.44. The van der Waals surface area contributed by atoms with Crippen LogP contribution in [0.3, 0.4) is 0 Å². The summed E-state index contributed by atoms with van der Waals surface area (Å²) in [6.07, 6.45) is 0. The Balaban J connectivity index is 0.000000219. The van der Waals surface area contributed by atoms with E-state index >= 15 is 0 Å². The first-order valence-corrected chi connectivity index (χ1v) is 5.92. The van der Waals surface area contributed by atoms with Crippen LogP contribution in [-0.2, 0) is 0 Å². The number of phenols is 2. The molecule has 0 spiro atoms. The molecule has 6 heteroatoms. The molecule has 2 aromatic carbocycles. The molecule has 0 aliphatic carbocycles. The number of ether oxygens (including phenoxy) is 2. The van der Waals surface area contributed by atoms with E-state index in [1.807, 2.05) is 0 Å². The molecule has 0 saturated carbocycles. The van der Waals surface area contributed by atoms with Gasteiger partial charge in [-0.1, -0.05) is 12.1 Å². The molecule has 0 atom stereocenters. The van der Waals surface area contributed by atoms with E-state index in [-0.39, 0.29) is 22.8 Å². The SMILES string of the molecule is COc1cc(C(=O)O)ccc1O.COc1ccccc1O. The predicted octanol–water partition coefficient (Wildman–Crippen LogP) is 2.50. The van der Waals surface area contributed by atoms with Crippen LogP contribution in [0.5, 0.6) is 23.0 Å². The van der Waals surface area contributed by atoms with Crippen LogP contribution in [0.2, 0.25) is 0 Å². The predicted molar refractivity (Wildman–Crippen MR) is 76.3 cm³/mol. The lowest BCUT2D eigenvalue weighted by molar-refractivity contribution is 0.0696. The summed E-state index contributed by atoms with van der Waals surface area (Å²) in [5.74, 6) is -0.261. The lowest BCUT2D eigenvalue weighted by atomic mass is 10.2. The van der Waals surface area contributed by atoms with Crippen LogP contribution in [0, 0.1) is 0 Å². The van der Waals surface area contributed by atoms with Gasteiger partial charge >= 0.3 is 5.97 Å². The third-order valence-electron chi connectivity index (χ3n) is 2.51. The summed E-state index contributed by atoms with van der Waals surface area (Å²) in [5.41, 5.74) is 0.0876. The molecule has 0 aliphatic rings. The fourth-order valence-corrected chi connectivity index (χ4v) is 1.44. The first-order chi connectivity index (χ1) is 9.99. The first kappa shape index (κ1) is 16.2. The average molecular weight is 292 g/mol. The summed E-state index contributed by atoms with van der Waals surface area (Å²) in [7, 11) is 2.88. The van der Waals surface area contributed by atoms with E-state index in [1.165, 1.54) is 32.4 Å². The summed E-state index contributed by atoms with van der Waals surface area (Å²) in [5, 5.41) is 26.6. The van der Waals surface area contributed by atoms with Crippen LogP contribution in [-0.4, -0.2) is 35.5 Å². The van der Waals surface area contributed by atoms with Crippen molar-refractivity contribution in [2.24, 2.45) is 0 Å². The molecule has 112 valence electrons. The van der Waals surface area contributed by atoms with Gasteiger partial charge in [0.05, 0.1) is 19.8 Å². The molecule has 0 heterocycles. The van der Waals surface area contributed by atoms with Crippen molar-refractivity contribution in [2.45, 2.75) is 0 Å². The van der Waals surface area contributed by atoms with Gasteiger partial charge in [0.15, 0.2) is 23.0 Å². The Bertz CT molecular complexity index is 609. The summed E-state index contributed by atoms with van der Waals surface area (Å²) >= 11 is 0. The molecule has 2 aromatic rings. The van der Waals surface area contributed by atoms with E-state index in [2.05, 4.69) is 0 Å². The average Bonchev–Trinajstić information content (AvgIpc) is 2.48. The number of phenolic OH excluding ortho intramolecular Hbond substituents is 2. The van der Waals surface area contributed by atoms with Gasteiger partial charge in [0.2, 0.25) is 0 Å². The lowest BCUT2D eigenvalue weighted by Gasteiger charge is -2.02. The van der Waals surface area contributed by atoms with Crippen LogP contribution in [0.4, 0.5) is 0 Å². The summed E-state index contributed by atoms with van der Waals surface area (Å²) in [4.78, 5) is 10.4. The Labute approximate surface area is 121 Å². The lowest BCUT2D eigenvalue weighted by Crippen LogP contribution is -1.96. The van der Waals surface area contributed by atoms with Gasteiger partial charge < -0.3 is 24.8 Å². The number of methoxy groups -OCH3 is 2. The highest BCUT2D eigenvalue weighted by molar-refractivity contribution is 5.88. The minimum absolute atomic E-state index is 0.0671. The Morgan fingerprint density at radius 1 is 0.905 bits per heavy atom. The monoisotopic (exact) mass is 292 g/mol. The van der Waals surface area contributed by atoms with E-state index < -0.39 is 5.97 Å². The van der Waals surface area contributed by atoms with Gasteiger partial charge in [-0.2, -0.15) is 0 Å². The molecule has 0 amide bonds. The number of benzene rings is 2. The minimum atomic E-state index is -1.05. The van der Waals surface area contributed by atoms with Gasteiger partial charge in [0.1, 0.15) is 0 Å². The highest BCUT2D eigenvalue weighted by Gasteiger charge is 2.06. The second-order valence-corrected chi connectivity index (χ2v) is 3.86. The van der Waals surface area contributed by atoms with Crippen LogP contribution in [0.15, 0.2) is 42.5 Å². The number of carbonyl (C=O) groups is 1. The third-order valence-corrected chi connectivity index (χ3v) is 2.51. The van der Waals surface area contributed by atoms with Crippen molar-refractivity contribution in [1.29, 1.82) is 0 Å². The number of hydrogen-bond donors (Lipinski definition) is 3. The standard InChI is InChI=1S/C8H8O4.C7H8O2/c1-12-7-4-5(8(10)11)2-3-6(7)9;1-9-7-5-3-2-4-6(7)8/h2-4,9H,1H3,(H,10,11);2-5,8H,1H3. The molecule has 0 aromatic heterocycles. The summed E-state index contributed by atoms with van der Waals surface area (Å²) < 4.78 is 9.52. The van der Waals surface area contributed by atoms with Gasteiger partial charge in [-0.25, -0.2) is 4.79 Å². The Morgan fingerprint density at radius 3 is 1.95 bits per heavy atom. The van der Waals surface area contributed by atoms with Crippen molar-refractivity contribution >= 4 is 5.97 Å². The van der Waals surface area contributed by atoms with Crippen molar-refractivity contribution in [2.75, 3.05) is 14.2 Å². The van der Waals surface area contributed by atoms with E-state index in [0.717, 1.165) is 0 Å². The fraction of sp³-hybridized carbons (Fsp3) is 0.133.